The summed E-state index contributed by atoms with van der Waals surface area (Å²) in [6.07, 6.45) is 0. The minimum Gasteiger partial charge on any atom is -0.324 e. The van der Waals surface area contributed by atoms with Gasteiger partial charge in [-0.1, -0.05) is 23.7 Å². The highest BCUT2D eigenvalue weighted by atomic mass is 35.5. The zero-order chi connectivity index (χ0) is 9.14. The monoisotopic (exact) mass is 180 g/mol. The Morgan fingerprint density at radius 3 is 2.67 bits per heavy atom. The van der Waals surface area contributed by atoms with E-state index in [1.54, 1.807) is 18.2 Å². The van der Waals surface area contributed by atoms with Gasteiger partial charge in [0.15, 0.2) is 5.69 Å². The van der Waals surface area contributed by atoms with E-state index in [4.69, 9.17) is 23.9 Å². The molecule has 2 nitrogen and oxygen atoms in total. The summed E-state index contributed by atoms with van der Waals surface area (Å²) in [6.45, 7) is 8.61. The molecule has 0 fully saturated rings. The molecule has 3 heteroatoms. The summed E-state index contributed by atoms with van der Waals surface area (Å²) in [6, 6.07) is 5.06. The van der Waals surface area contributed by atoms with Crippen molar-refractivity contribution < 1.29 is 0 Å². The molecule has 2 N–H and O–H groups in total. The van der Waals surface area contributed by atoms with Crippen LogP contribution in [0.3, 0.4) is 0 Å². The van der Waals surface area contributed by atoms with Crippen molar-refractivity contribution in [2.45, 2.75) is 13.0 Å². The highest BCUT2D eigenvalue weighted by Gasteiger charge is 2.04. The van der Waals surface area contributed by atoms with Crippen molar-refractivity contribution in [2.24, 2.45) is 5.73 Å². The summed E-state index contributed by atoms with van der Waals surface area (Å²) in [5, 5.41) is 0.568. The smallest absolute Gasteiger partial charge is 0.188 e. The average Bonchev–Trinajstić information content (AvgIpc) is 2.03. The molecule has 0 aromatic heterocycles. The molecule has 0 radical (unpaired) electrons. The van der Waals surface area contributed by atoms with Crippen molar-refractivity contribution in [2.75, 3.05) is 0 Å². The van der Waals surface area contributed by atoms with E-state index in [1.807, 2.05) is 6.92 Å². The van der Waals surface area contributed by atoms with Crippen molar-refractivity contribution in [1.82, 2.24) is 0 Å². The largest absolute Gasteiger partial charge is 0.324 e. The van der Waals surface area contributed by atoms with Crippen LogP contribution < -0.4 is 5.73 Å². The molecule has 1 aromatic carbocycles. The molecule has 0 unspecified atom stereocenters. The van der Waals surface area contributed by atoms with Crippen LogP contribution in [-0.2, 0) is 0 Å². The SMILES string of the molecule is [C-]#[N+]c1ccc([C@@H](C)N)c(Cl)c1. The Kier molecular flexibility index (Phi) is 2.69. The van der Waals surface area contributed by atoms with Gasteiger partial charge in [0.25, 0.3) is 0 Å². The molecule has 1 rings (SSSR count). The van der Waals surface area contributed by atoms with Crippen LogP contribution in [0.2, 0.25) is 5.02 Å². The maximum absolute atomic E-state index is 6.75. The van der Waals surface area contributed by atoms with Gasteiger partial charge in [-0.05, 0) is 18.6 Å². The van der Waals surface area contributed by atoms with Crippen molar-refractivity contribution in [3.05, 3.63) is 40.2 Å². The summed E-state index contributed by atoms with van der Waals surface area (Å²) in [5.41, 5.74) is 7.07. The summed E-state index contributed by atoms with van der Waals surface area (Å²) in [5.74, 6) is 0. The van der Waals surface area contributed by atoms with Gasteiger partial charge >= 0.3 is 0 Å². The number of nitrogens with zero attached hydrogens (tertiary/aromatic N) is 1. The van der Waals surface area contributed by atoms with Crippen molar-refractivity contribution >= 4 is 17.3 Å². The third kappa shape index (κ3) is 1.76. The van der Waals surface area contributed by atoms with Crippen molar-refractivity contribution in [3.63, 3.8) is 0 Å². The minimum atomic E-state index is -0.0858. The highest BCUT2D eigenvalue weighted by molar-refractivity contribution is 6.31. The van der Waals surface area contributed by atoms with Gasteiger partial charge in [0.2, 0.25) is 0 Å². The average molecular weight is 181 g/mol. The first-order valence-electron chi connectivity index (χ1n) is 3.57. The van der Waals surface area contributed by atoms with E-state index in [-0.39, 0.29) is 6.04 Å². The second-order valence-corrected chi connectivity index (χ2v) is 3.01. The first-order valence-corrected chi connectivity index (χ1v) is 3.95. The van der Waals surface area contributed by atoms with Gasteiger partial charge in [-0.15, -0.1) is 0 Å². The lowest BCUT2D eigenvalue weighted by Gasteiger charge is -2.07. The van der Waals surface area contributed by atoms with E-state index in [9.17, 15) is 0 Å². The summed E-state index contributed by atoms with van der Waals surface area (Å²) < 4.78 is 0. The van der Waals surface area contributed by atoms with Gasteiger partial charge in [0.05, 0.1) is 6.57 Å². The van der Waals surface area contributed by atoms with Crippen molar-refractivity contribution in [3.8, 4) is 0 Å². The highest BCUT2D eigenvalue weighted by Crippen LogP contribution is 2.26. The lowest BCUT2D eigenvalue weighted by molar-refractivity contribution is 0.819. The maximum atomic E-state index is 6.75. The maximum Gasteiger partial charge on any atom is 0.188 e. The van der Waals surface area contributed by atoms with Gasteiger partial charge in [-0.3, -0.25) is 0 Å². The molecular formula is C9H9ClN2. The normalized spacial score (nSPS) is 12.2. The van der Waals surface area contributed by atoms with E-state index in [2.05, 4.69) is 4.85 Å². The second-order valence-electron chi connectivity index (χ2n) is 2.61. The van der Waals surface area contributed by atoms with E-state index < -0.39 is 0 Å². The Labute approximate surface area is 76.8 Å². The molecule has 12 heavy (non-hydrogen) atoms. The van der Waals surface area contributed by atoms with Crippen LogP contribution in [0.4, 0.5) is 5.69 Å². The number of hydrogen-bond donors (Lipinski definition) is 1. The van der Waals surface area contributed by atoms with E-state index in [0.29, 0.717) is 10.7 Å². The fraction of sp³-hybridized carbons (Fsp3) is 0.222. The van der Waals surface area contributed by atoms with Gasteiger partial charge < -0.3 is 5.73 Å². The lowest BCUT2D eigenvalue weighted by atomic mass is 10.1. The number of hydrogen-bond acceptors (Lipinski definition) is 1. The zero-order valence-corrected chi connectivity index (χ0v) is 7.47. The molecule has 0 bridgehead atoms. The molecule has 0 heterocycles. The number of benzene rings is 1. The molecule has 0 saturated heterocycles. The Bertz CT molecular complexity index is 326. The standard InChI is InChI=1S/C9H9ClN2/c1-6(11)8-4-3-7(12-2)5-9(8)10/h3-6H,11H2,1H3/t6-/m1/s1. The lowest BCUT2D eigenvalue weighted by Crippen LogP contribution is -2.04. The Morgan fingerprint density at radius 1 is 1.58 bits per heavy atom. The Balaban J connectivity index is 3.14. The predicted octanol–water partition coefficient (Wildman–Crippen LogP) is 2.91. The van der Waals surface area contributed by atoms with Gasteiger partial charge in [-0.2, -0.15) is 0 Å². The minimum absolute atomic E-state index is 0.0858. The Hall–Kier alpha value is -1.04. The molecule has 0 saturated carbocycles. The van der Waals surface area contributed by atoms with Gasteiger partial charge in [-0.25, -0.2) is 4.85 Å². The molecule has 62 valence electrons. The quantitative estimate of drug-likeness (QED) is 0.662. The second kappa shape index (κ2) is 3.57. The van der Waals surface area contributed by atoms with Crippen LogP contribution in [0.25, 0.3) is 4.85 Å². The van der Waals surface area contributed by atoms with Crippen LogP contribution in [-0.4, -0.2) is 0 Å². The Morgan fingerprint density at radius 2 is 2.25 bits per heavy atom. The first-order chi connectivity index (χ1) is 5.65. The molecule has 0 aliphatic rings. The summed E-state index contributed by atoms with van der Waals surface area (Å²) in [4.78, 5) is 3.26. The van der Waals surface area contributed by atoms with Crippen LogP contribution in [0, 0.1) is 6.57 Å². The third-order valence-electron chi connectivity index (χ3n) is 1.60. The molecule has 1 atom stereocenters. The molecular weight excluding hydrogens is 172 g/mol. The topological polar surface area (TPSA) is 30.4 Å². The number of nitrogens with two attached hydrogens (primary N) is 1. The molecule has 0 amide bonds. The number of rotatable bonds is 1. The molecule has 0 spiro atoms. The van der Waals surface area contributed by atoms with E-state index in [1.165, 1.54) is 0 Å². The van der Waals surface area contributed by atoms with Crippen LogP contribution in [0.15, 0.2) is 18.2 Å². The molecule has 0 aliphatic heterocycles. The van der Waals surface area contributed by atoms with Crippen LogP contribution in [0.5, 0.6) is 0 Å². The van der Waals surface area contributed by atoms with E-state index in [0.717, 1.165) is 5.56 Å². The van der Waals surface area contributed by atoms with E-state index >= 15 is 0 Å². The fourth-order valence-corrected chi connectivity index (χ4v) is 1.30. The van der Waals surface area contributed by atoms with Gasteiger partial charge in [0.1, 0.15) is 0 Å². The molecule has 0 aliphatic carbocycles. The summed E-state index contributed by atoms with van der Waals surface area (Å²) in [7, 11) is 0. The van der Waals surface area contributed by atoms with Gasteiger partial charge in [0, 0.05) is 11.1 Å². The third-order valence-corrected chi connectivity index (χ3v) is 1.93. The summed E-state index contributed by atoms with van der Waals surface area (Å²) >= 11 is 5.88. The zero-order valence-electron chi connectivity index (χ0n) is 6.71. The molecule has 1 aromatic rings. The van der Waals surface area contributed by atoms with Crippen LogP contribution >= 0.6 is 11.6 Å². The fourth-order valence-electron chi connectivity index (χ4n) is 0.955. The number of halogens is 1. The van der Waals surface area contributed by atoms with Crippen molar-refractivity contribution in [1.29, 1.82) is 0 Å². The predicted molar refractivity (Wildman–Crippen MR) is 50.3 cm³/mol. The first kappa shape index (κ1) is 9.05. The van der Waals surface area contributed by atoms with Crippen LogP contribution in [0.1, 0.15) is 18.5 Å².